The first-order chi connectivity index (χ1) is 13.8. The molecule has 0 saturated heterocycles. The molecule has 29 heavy (non-hydrogen) atoms. The molecule has 0 heterocycles. The van der Waals surface area contributed by atoms with Crippen LogP contribution in [0.4, 0.5) is 5.69 Å². The summed E-state index contributed by atoms with van der Waals surface area (Å²) in [6.07, 6.45) is 2.84. The van der Waals surface area contributed by atoms with E-state index in [-0.39, 0.29) is 17.0 Å². The summed E-state index contributed by atoms with van der Waals surface area (Å²) >= 11 is 13.3. The lowest BCUT2D eigenvalue weighted by molar-refractivity contribution is -0.387. The third-order valence-corrected chi connectivity index (χ3v) is 5.69. The highest BCUT2D eigenvalue weighted by molar-refractivity contribution is 7.99. The molecule has 7 heteroatoms. The normalized spacial score (nSPS) is 11.0. The number of allylic oxidation sites excluding steroid dienone is 1. The lowest BCUT2D eigenvalue weighted by atomic mass is 10.1. The van der Waals surface area contributed by atoms with Crippen molar-refractivity contribution in [2.45, 2.75) is 16.7 Å². The number of ketones is 1. The van der Waals surface area contributed by atoms with Gasteiger partial charge in [-0.25, -0.2) is 0 Å². The molecule has 0 aliphatic heterocycles. The molecule has 0 aliphatic carbocycles. The highest BCUT2D eigenvalue weighted by Gasteiger charge is 2.15. The van der Waals surface area contributed by atoms with Crippen molar-refractivity contribution in [2.75, 3.05) is 0 Å². The van der Waals surface area contributed by atoms with E-state index in [1.54, 1.807) is 24.3 Å². The van der Waals surface area contributed by atoms with Crippen LogP contribution in [-0.4, -0.2) is 10.7 Å². The fourth-order valence-corrected chi connectivity index (χ4v) is 3.83. The second-order valence-corrected chi connectivity index (χ2v) is 8.18. The minimum atomic E-state index is -0.427. The molecule has 0 bridgehead atoms. The van der Waals surface area contributed by atoms with E-state index in [4.69, 9.17) is 23.2 Å². The monoisotopic (exact) mass is 443 g/mol. The Hall–Kier alpha value is -2.60. The molecule has 0 radical (unpaired) electrons. The van der Waals surface area contributed by atoms with Gasteiger partial charge in [-0.3, -0.25) is 14.9 Å². The highest BCUT2D eigenvalue weighted by atomic mass is 35.5. The van der Waals surface area contributed by atoms with E-state index in [2.05, 4.69) is 0 Å². The van der Waals surface area contributed by atoms with Gasteiger partial charge in [-0.05, 0) is 55.0 Å². The number of nitro benzene ring substituents is 1. The van der Waals surface area contributed by atoms with Gasteiger partial charge in [0.15, 0.2) is 5.78 Å². The number of nitro groups is 1. The number of halogens is 2. The molecule has 0 saturated carbocycles. The minimum Gasteiger partial charge on any atom is -0.289 e. The smallest absolute Gasteiger partial charge is 0.283 e. The van der Waals surface area contributed by atoms with Crippen molar-refractivity contribution in [3.8, 4) is 0 Å². The lowest BCUT2D eigenvalue weighted by Gasteiger charge is -2.05. The summed E-state index contributed by atoms with van der Waals surface area (Å²) in [5.41, 5.74) is 1.91. The second kappa shape index (κ2) is 9.27. The van der Waals surface area contributed by atoms with E-state index in [0.29, 0.717) is 20.5 Å². The van der Waals surface area contributed by atoms with Crippen LogP contribution in [0.15, 0.2) is 76.5 Å². The maximum atomic E-state index is 12.4. The van der Waals surface area contributed by atoms with Crippen LogP contribution in [0.3, 0.4) is 0 Å². The summed E-state index contributed by atoms with van der Waals surface area (Å²) in [4.78, 5) is 24.9. The summed E-state index contributed by atoms with van der Waals surface area (Å²) in [7, 11) is 0. The van der Waals surface area contributed by atoms with Gasteiger partial charge in [-0.2, -0.15) is 0 Å². The summed E-state index contributed by atoms with van der Waals surface area (Å²) in [5, 5.41) is 12.2. The molecule has 0 N–H and O–H groups in total. The molecule has 4 nitrogen and oxygen atoms in total. The zero-order chi connectivity index (χ0) is 21.0. The molecule has 0 atom stereocenters. The maximum Gasteiger partial charge on any atom is 0.283 e. The van der Waals surface area contributed by atoms with Gasteiger partial charge in [0.1, 0.15) is 0 Å². The molecule has 3 rings (SSSR count). The zero-order valence-corrected chi connectivity index (χ0v) is 17.6. The Morgan fingerprint density at radius 3 is 2.45 bits per heavy atom. The summed E-state index contributed by atoms with van der Waals surface area (Å²) in [6.45, 7) is 1.98. The van der Waals surface area contributed by atoms with Crippen LogP contribution in [0.25, 0.3) is 6.08 Å². The summed E-state index contributed by atoms with van der Waals surface area (Å²) < 4.78 is 0. The molecule has 3 aromatic carbocycles. The van der Waals surface area contributed by atoms with Crippen LogP contribution in [0.1, 0.15) is 21.5 Å². The molecule has 0 spiro atoms. The highest BCUT2D eigenvalue weighted by Crippen LogP contribution is 2.35. The average molecular weight is 444 g/mol. The predicted molar refractivity (Wildman–Crippen MR) is 118 cm³/mol. The average Bonchev–Trinajstić information content (AvgIpc) is 2.70. The van der Waals surface area contributed by atoms with Gasteiger partial charge in [0.25, 0.3) is 5.69 Å². The van der Waals surface area contributed by atoms with Crippen LogP contribution in [-0.2, 0) is 0 Å². The number of nitrogens with zero attached hydrogens (tertiary/aromatic N) is 1. The molecule has 146 valence electrons. The van der Waals surface area contributed by atoms with E-state index in [1.807, 2.05) is 31.2 Å². The van der Waals surface area contributed by atoms with Gasteiger partial charge in [0.05, 0.1) is 14.8 Å². The fraction of sp³-hybridized carbons (Fsp3) is 0.0455. The van der Waals surface area contributed by atoms with Crippen LogP contribution >= 0.6 is 35.0 Å². The number of hydrogen-bond acceptors (Lipinski definition) is 4. The van der Waals surface area contributed by atoms with Crippen molar-refractivity contribution in [3.63, 3.8) is 0 Å². The van der Waals surface area contributed by atoms with E-state index < -0.39 is 4.92 Å². The minimum absolute atomic E-state index is 0.0223. The van der Waals surface area contributed by atoms with Gasteiger partial charge in [0, 0.05) is 21.5 Å². The topological polar surface area (TPSA) is 60.2 Å². The second-order valence-electron chi connectivity index (χ2n) is 6.22. The third-order valence-electron chi connectivity index (χ3n) is 4.05. The molecule has 0 amide bonds. The lowest BCUT2D eigenvalue weighted by Crippen LogP contribution is -1.96. The van der Waals surface area contributed by atoms with E-state index in [9.17, 15) is 14.9 Å². The van der Waals surface area contributed by atoms with Crippen molar-refractivity contribution in [1.82, 2.24) is 0 Å². The Labute approximate surface area is 182 Å². The van der Waals surface area contributed by atoms with Gasteiger partial charge < -0.3 is 0 Å². The van der Waals surface area contributed by atoms with Gasteiger partial charge >= 0.3 is 0 Å². The first-order valence-electron chi connectivity index (χ1n) is 8.54. The molecule has 0 fully saturated rings. The zero-order valence-electron chi connectivity index (χ0n) is 15.3. The molecular weight excluding hydrogens is 429 g/mol. The number of carbonyl (C=O) groups excluding carboxylic acids is 1. The number of rotatable bonds is 6. The summed E-state index contributed by atoms with van der Waals surface area (Å²) in [5.74, 6) is -0.335. The molecule has 0 aromatic heterocycles. The van der Waals surface area contributed by atoms with Crippen LogP contribution in [0.5, 0.6) is 0 Å². The summed E-state index contributed by atoms with van der Waals surface area (Å²) in [6, 6.07) is 17.2. The van der Waals surface area contributed by atoms with Gasteiger partial charge in [-0.1, -0.05) is 64.8 Å². The van der Waals surface area contributed by atoms with Crippen molar-refractivity contribution < 1.29 is 9.72 Å². The largest absolute Gasteiger partial charge is 0.289 e. The van der Waals surface area contributed by atoms with E-state index in [0.717, 1.165) is 10.5 Å². The Balaban J connectivity index is 1.85. The molecule has 3 aromatic rings. The van der Waals surface area contributed by atoms with Crippen LogP contribution in [0, 0.1) is 17.0 Å². The Bertz CT molecular complexity index is 1110. The standard InChI is InChI=1S/C22H15Cl2NO3S/c1-14-2-7-17(8-3-14)29-22-11-5-15(12-20(22)25(27)28)4-10-21(26)18-13-16(23)6-9-19(18)24/h2-13H,1H3/b10-4+. The van der Waals surface area contributed by atoms with E-state index in [1.165, 1.54) is 36.0 Å². The first kappa shape index (κ1) is 21.1. The van der Waals surface area contributed by atoms with Crippen molar-refractivity contribution in [3.05, 3.63) is 104 Å². The molecule has 0 aliphatic rings. The third kappa shape index (κ3) is 5.48. The predicted octanol–water partition coefficient (Wildman–Crippen LogP) is 7.26. The van der Waals surface area contributed by atoms with Crippen molar-refractivity contribution in [2.24, 2.45) is 0 Å². The van der Waals surface area contributed by atoms with Crippen molar-refractivity contribution in [1.29, 1.82) is 0 Å². The number of benzene rings is 3. The van der Waals surface area contributed by atoms with Crippen molar-refractivity contribution >= 4 is 52.5 Å². The Morgan fingerprint density at radius 2 is 1.76 bits per heavy atom. The molecular formula is C22H15Cl2NO3S. The SMILES string of the molecule is Cc1ccc(Sc2ccc(/C=C/C(=O)c3cc(Cl)ccc3Cl)cc2[N+](=O)[O-])cc1. The van der Waals surface area contributed by atoms with Crippen LogP contribution in [0.2, 0.25) is 10.0 Å². The maximum absolute atomic E-state index is 12.4. The van der Waals surface area contributed by atoms with E-state index >= 15 is 0 Å². The number of aryl methyl sites for hydroxylation is 1. The Morgan fingerprint density at radius 1 is 1.03 bits per heavy atom. The van der Waals surface area contributed by atoms with Gasteiger partial charge in [-0.15, -0.1) is 0 Å². The quantitative estimate of drug-likeness (QED) is 0.174. The molecule has 0 unspecified atom stereocenters. The number of carbonyl (C=O) groups is 1. The number of hydrogen-bond donors (Lipinski definition) is 0. The van der Waals surface area contributed by atoms with Crippen LogP contribution < -0.4 is 0 Å². The van der Waals surface area contributed by atoms with Gasteiger partial charge in [0.2, 0.25) is 0 Å². The fourth-order valence-electron chi connectivity index (χ4n) is 2.55. The first-order valence-corrected chi connectivity index (χ1v) is 10.1. The Kier molecular flexibility index (Phi) is 6.75.